The molecule has 1 fully saturated rings. The first kappa shape index (κ1) is 13.1. The summed E-state index contributed by atoms with van der Waals surface area (Å²) in [5.41, 5.74) is 6.59. The Morgan fingerprint density at radius 2 is 2.11 bits per heavy atom. The van der Waals surface area contributed by atoms with Gasteiger partial charge in [-0.2, -0.15) is 0 Å². The van der Waals surface area contributed by atoms with Crippen molar-refractivity contribution in [3.05, 3.63) is 35.9 Å². The van der Waals surface area contributed by atoms with Crippen LogP contribution in [0.3, 0.4) is 0 Å². The lowest BCUT2D eigenvalue weighted by molar-refractivity contribution is -0.159. The van der Waals surface area contributed by atoms with Gasteiger partial charge in [0.1, 0.15) is 6.61 Å². The third kappa shape index (κ3) is 2.72. The van der Waals surface area contributed by atoms with Gasteiger partial charge in [-0.15, -0.1) is 0 Å². The first-order valence-corrected chi connectivity index (χ1v) is 6.59. The second kappa shape index (κ2) is 5.53. The molecular formula is C15H21NO2. The fraction of sp³-hybridized carbons (Fsp3) is 0.533. The van der Waals surface area contributed by atoms with Crippen molar-refractivity contribution in [3.8, 4) is 0 Å². The van der Waals surface area contributed by atoms with E-state index >= 15 is 0 Å². The van der Waals surface area contributed by atoms with Crippen molar-refractivity contribution in [3.63, 3.8) is 0 Å². The van der Waals surface area contributed by atoms with Crippen LogP contribution in [-0.2, 0) is 16.1 Å². The molecule has 0 heterocycles. The van der Waals surface area contributed by atoms with Gasteiger partial charge in [0.15, 0.2) is 0 Å². The summed E-state index contributed by atoms with van der Waals surface area (Å²) >= 11 is 0. The Morgan fingerprint density at radius 3 is 2.78 bits per heavy atom. The molecule has 0 amide bonds. The first-order valence-electron chi connectivity index (χ1n) is 6.59. The highest BCUT2D eigenvalue weighted by molar-refractivity contribution is 5.77. The Kier molecular flexibility index (Phi) is 4.02. The second-order valence-electron chi connectivity index (χ2n) is 5.33. The number of benzene rings is 1. The number of carbonyl (C=O) groups is 1. The molecule has 3 heteroatoms. The summed E-state index contributed by atoms with van der Waals surface area (Å²) in [6.45, 7) is 2.27. The Balaban J connectivity index is 1.95. The molecule has 1 aliphatic carbocycles. The van der Waals surface area contributed by atoms with Gasteiger partial charge in [-0.1, -0.05) is 43.2 Å². The van der Waals surface area contributed by atoms with E-state index in [9.17, 15) is 4.79 Å². The lowest BCUT2D eigenvalue weighted by Gasteiger charge is -2.36. The molecule has 2 unspecified atom stereocenters. The normalized spacial score (nSPS) is 27.8. The SMILES string of the molecule is CC1(C(=O)OCc2ccccc2)CCCCC1N. The largest absolute Gasteiger partial charge is 0.460 e. The van der Waals surface area contributed by atoms with E-state index in [2.05, 4.69) is 0 Å². The van der Waals surface area contributed by atoms with Crippen LogP contribution in [0.1, 0.15) is 38.2 Å². The summed E-state index contributed by atoms with van der Waals surface area (Å²) in [6.07, 6.45) is 3.92. The standard InChI is InChI=1S/C15H21NO2/c1-15(10-6-5-9-13(15)16)14(17)18-11-12-7-3-2-4-8-12/h2-4,7-8,13H,5-6,9-11,16H2,1H3. The summed E-state index contributed by atoms with van der Waals surface area (Å²) in [5.74, 6) is -0.154. The van der Waals surface area contributed by atoms with Gasteiger partial charge in [0.25, 0.3) is 0 Å². The summed E-state index contributed by atoms with van der Waals surface area (Å²) in [4.78, 5) is 12.2. The second-order valence-corrected chi connectivity index (χ2v) is 5.33. The molecule has 3 nitrogen and oxygen atoms in total. The molecule has 18 heavy (non-hydrogen) atoms. The van der Waals surface area contributed by atoms with Gasteiger partial charge in [-0.25, -0.2) is 0 Å². The van der Waals surface area contributed by atoms with Crippen LogP contribution < -0.4 is 5.73 Å². The van der Waals surface area contributed by atoms with Gasteiger partial charge in [-0.3, -0.25) is 4.79 Å². The third-order valence-corrected chi connectivity index (χ3v) is 3.96. The Hall–Kier alpha value is -1.35. The number of esters is 1. The highest BCUT2D eigenvalue weighted by Gasteiger charge is 2.42. The molecule has 0 radical (unpaired) electrons. The minimum atomic E-state index is -0.507. The van der Waals surface area contributed by atoms with Gasteiger partial charge in [0.05, 0.1) is 5.41 Å². The molecule has 2 N–H and O–H groups in total. The van der Waals surface area contributed by atoms with E-state index in [0.29, 0.717) is 6.61 Å². The van der Waals surface area contributed by atoms with Gasteiger partial charge >= 0.3 is 5.97 Å². The summed E-state index contributed by atoms with van der Waals surface area (Å²) in [7, 11) is 0. The topological polar surface area (TPSA) is 52.3 Å². The molecule has 1 aliphatic rings. The van der Waals surface area contributed by atoms with Crippen molar-refractivity contribution in [2.24, 2.45) is 11.1 Å². The number of hydrogen-bond donors (Lipinski definition) is 1. The predicted octanol–water partition coefficient (Wildman–Crippen LogP) is 2.64. The Labute approximate surface area is 108 Å². The minimum Gasteiger partial charge on any atom is -0.460 e. The van der Waals surface area contributed by atoms with Crippen molar-refractivity contribution in [1.82, 2.24) is 0 Å². The van der Waals surface area contributed by atoms with E-state index < -0.39 is 5.41 Å². The molecule has 1 aromatic rings. The maximum absolute atomic E-state index is 12.2. The van der Waals surface area contributed by atoms with E-state index in [0.717, 1.165) is 31.2 Å². The Morgan fingerprint density at radius 1 is 1.39 bits per heavy atom. The lowest BCUT2D eigenvalue weighted by Crippen LogP contribution is -2.48. The van der Waals surface area contributed by atoms with E-state index in [1.54, 1.807) is 0 Å². The van der Waals surface area contributed by atoms with Crippen LogP contribution in [-0.4, -0.2) is 12.0 Å². The van der Waals surface area contributed by atoms with Crippen LogP contribution >= 0.6 is 0 Å². The number of carbonyl (C=O) groups excluding carboxylic acids is 1. The molecule has 0 bridgehead atoms. The summed E-state index contributed by atoms with van der Waals surface area (Å²) in [5, 5.41) is 0. The lowest BCUT2D eigenvalue weighted by atomic mass is 9.72. The van der Waals surface area contributed by atoms with E-state index in [1.165, 1.54) is 0 Å². The van der Waals surface area contributed by atoms with Crippen molar-refractivity contribution in [1.29, 1.82) is 0 Å². The Bertz CT molecular complexity index is 404. The maximum atomic E-state index is 12.2. The van der Waals surface area contributed by atoms with Gasteiger partial charge in [-0.05, 0) is 25.3 Å². The fourth-order valence-corrected chi connectivity index (χ4v) is 2.50. The van der Waals surface area contributed by atoms with Crippen LogP contribution in [0, 0.1) is 5.41 Å². The molecule has 2 rings (SSSR count). The zero-order chi connectivity index (χ0) is 13.0. The molecule has 2 atom stereocenters. The van der Waals surface area contributed by atoms with Crippen molar-refractivity contribution in [2.45, 2.75) is 45.3 Å². The van der Waals surface area contributed by atoms with Gasteiger partial charge in [0.2, 0.25) is 0 Å². The zero-order valence-corrected chi connectivity index (χ0v) is 10.9. The molecule has 0 aliphatic heterocycles. The van der Waals surface area contributed by atoms with Crippen LogP contribution in [0.2, 0.25) is 0 Å². The number of ether oxygens (including phenoxy) is 1. The van der Waals surface area contributed by atoms with E-state index in [1.807, 2.05) is 37.3 Å². The first-order chi connectivity index (χ1) is 8.63. The summed E-state index contributed by atoms with van der Waals surface area (Å²) in [6, 6.07) is 9.67. The highest BCUT2D eigenvalue weighted by atomic mass is 16.5. The van der Waals surface area contributed by atoms with Gasteiger partial charge < -0.3 is 10.5 Å². The predicted molar refractivity (Wildman–Crippen MR) is 70.8 cm³/mol. The van der Waals surface area contributed by atoms with Crippen molar-refractivity contribution < 1.29 is 9.53 Å². The number of hydrogen-bond acceptors (Lipinski definition) is 3. The number of rotatable bonds is 3. The molecule has 0 aromatic heterocycles. The van der Waals surface area contributed by atoms with Crippen LogP contribution in [0.25, 0.3) is 0 Å². The van der Waals surface area contributed by atoms with Crippen molar-refractivity contribution in [2.75, 3.05) is 0 Å². The van der Waals surface area contributed by atoms with Crippen LogP contribution in [0.4, 0.5) is 0 Å². The molecule has 1 saturated carbocycles. The average Bonchev–Trinajstić information content (AvgIpc) is 2.40. The minimum absolute atomic E-state index is 0.0745. The fourth-order valence-electron chi connectivity index (χ4n) is 2.50. The smallest absolute Gasteiger partial charge is 0.313 e. The summed E-state index contributed by atoms with van der Waals surface area (Å²) < 4.78 is 5.42. The van der Waals surface area contributed by atoms with Crippen LogP contribution in [0.15, 0.2) is 30.3 Å². The molecule has 0 spiro atoms. The quantitative estimate of drug-likeness (QED) is 0.835. The molecule has 98 valence electrons. The molecule has 1 aromatic carbocycles. The van der Waals surface area contributed by atoms with Crippen molar-refractivity contribution >= 4 is 5.97 Å². The average molecular weight is 247 g/mol. The van der Waals surface area contributed by atoms with Gasteiger partial charge in [0, 0.05) is 6.04 Å². The van der Waals surface area contributed by atoms with E-state index in [4.69, 9.17) is 10.5 Å². The third-order valence-electron chi connectivity index (χ3n) is 3.96. The van der Waals surface area contributed by atoms with E-state index in [-0.39, 0.29) is 12.0 Å². The maximum Gasteiger partial charge on any atom is 0.313 e. The zero-order valence-electron chi connectivity index (χ0n) is 10.9. The highest BCUT2D eigenvalue weighted by Crippen LogP contribution is 2.36. The monoisotopic (exact) mass is 247 g/mol. The molecule has 0 saturated heterocycles. The molecular weight excluding hydrogens is 226 g/mol. The number of nitrogens with two attached hydrogens (primary N) is 1. The van der Waals surface area contributed by atoms with Crippen LogP contribution in [0.5, 0.6) is 0 Å².